The van der Waals surface area contributed by atoms with Gasteiger partial charge in [0.15, 0.2) is 0 Å². The van der Waals surface area contributed by atoms with E-state index in [1.54, 1.807) is 0 Å². The first-order chi connectivity index (χ1) is 18.9. The summed E-state index contributed by atoms with van der Waals surface area (Å²) in [6, 6.07) is 0. The second-order valence-electron chi connectivity index (χ2n) is 11.9. The predicted molar refractivity (Wildman–Crippen MR) is 153 cm³/mol. The molecule has 0 aromatic carbocycles. The maximum Gasteiger partial charge on any atom is 0.333 e. The van der Waals surface area contributed by atoms with Crippen LogP contribution in [0.5, 0.6) is 0 Å². The van der Waals surface area contributed by atoms with Crippen LogP contribution in [-0.4, -0.2) is 72.5 Å². The maximum atomic E-state index is 12.6. The topological polar surface area (TPSA) is 148 Å². The van der Waals surface area contributed by atoms with Gasteiger partial charge in [-0.2, -0.15) is 0 Å². The van der Waals surface area contributed by atoms with Crippen LogP contribution in [-0.2, 0) is 14.4 Å². The highest BCUT2D eigenvalue weighted by molar-refractivity contribution is 6.17. The van der Waals surface area contributed by atoms with Crippen molar-refractivity contribution in [3.8, 4) is 0 Å². The third-order valence-corrected chi connectivity index (χ3v) is 9.18. The van der Waals surface area contributed by atoms with Crippen molar-refractivity contribution in [2.24, 2.45) is 16.7 Å². The van der Waals surface area contributed by atoms with Crippen LogP contribution >= 0.6 is 0 Å². The molecule has 226 valence electrons. The zero-order valence-electron chi connectivity index (χ0n) is 24.1. The fraction of sp³-hybridized carbons (Fsp3) is 0.900. The average Bonchev–Trinajstić information content (AvgIpc) is 2.88. The first-order valence-corrected chi connectivity index (χ1v) is 15.7. The summed E-state index contributed by atoms with van der Waals surface area (Å²) in [4.78, 5) is 37.8. The van der Waals surface area contributed by atoms with E-state index in [1.807, 2.05) is 0 Å². The van der Waals surface area contributed by atoms with Gasteiger partial charge in [-0.05, 0) is 103 Å². The van der Waals surface area contributed by atoms with Gasteiger partial charge in [-0.1, -0.05) is 57.8 Å². The summed E-state index contributed by atoms with van der Waals surface area (Å²) in [5.41, 5.74) is -4.21. The van der Waals surface area contributed by atoms with Crippen molar-refractivity contribution < 1.29 is 29.7 Å². The quantitative estimate of drug-likeness (QED) is 0.274. The molecule has 3 aliphatic heterocycles. The molecule has 0 amide bonds. The third-order valence-electron chi connectivity index (χ3n) is 9.18. The lowest BCUT2D eigenvalue weighted by Gasteiger charge is -2.43. The number of carboxylic acids is 3. The molecule has 9 nitrogen and oxygen atoms in total. The van der Waals surface area contributed by atoms with Crippen LogP contribution in [0.3, 0.4) is 0 Å². The Balaban J connectivity index is 2.35. The van der Waals surface area contributed by atoms with Gasteiger partial charge >= 0.3 is 17.9 Å². The molecule has 0 aromatic rings. The Morgan fingerprint density at radius 1 is 0.487 bits per heavy atom. The average molecular weight is 554 g/mol. The maximum absolute atomic E-state index is 12.6. The lowest BCUT2D eigenvalue weighted by atomic mass is 9.56. The summed E-state index contributed by atoms with van der Waals surface area (Å²) < 4.78 is 0. The van der Waals surface area contributed by atoms with Crippen molar-refractivity contribution in [3.05, 3.63) is 0 Å². The number of hydrogen-bond donors (Lipinski definition) is 6. The molecule has 3 heterocycles. The number of fused-ring (bicyclic) bond motifs is 24. The van der Waals surface area contributed by atoms with Gasteiger partial charge in [0.25, 0.3) is 5.41 Å². The Hall–Kier alpha value is -1.71. The van der Waals surface area contributed by atoms with Gasteiger partial charge < -0.3 is 31.3 Å². The summed E-state index contributed by atoms with van der Waals surface area (Å²) in [5, 5.41) is 41.2. The molecular formula is C30H55N3O6. The number of carboxylic acid groups (broad SMARTS) is 3. The van der Waals surface area contributed by atoms with Gasteiger partial charge in [-0.3, -0.25) is 14.4 Å². The van der Waals surface area contributed by atoms with E-state index in [0.717, 1.165) is 83.7 Å². The van der Waals surface area contributed by atoms with E-state index in [0.29, 0.717) is 19.3 Å². The molecule has 0 aromatic heterocycles. The Kier molecular flexibility index (Phi) is 16.0. The number of carbonyl (C=O) groups is 3. The van der Waals surface area contributed by atoms with Crippen molar-refractivity contribution in [3.63, 3.8) is 0 Å². The van der Waals surface area contributed by atoms with Gasteiger partial charge in [-0.15, -0.1) is 0 Å². The first kappa shape index (κ1) is 33.5. The van der Waals surface area contributed by atoms with Crippen molar-refractivity contribution in [1.29, 1.82) is 0 Å². The minimum absolute atomic E-state index is 0.280. The van der Waals surface area contributed by atoms with Crippen LogP contribution < -0.4 is 16.0 Å². The number of nitrogens with one attached hydrogen (secondary N) is 3. The molecule has 3 aliphatic rings. The largest absolute Gasteiger partial charge is 0.480 e. The summed E-state index contributed by atoms with van der Waals surface area (Å²) in [6.07, 6.45) is 15.8. The monoisotopic (exact) mass is 553 g/mol. The number of hydrogen-bond acceptors (Lipinski definition) is 6. The summed E-state index contributed by atoms with van der Waals surface area (Å²) in [6.45, 7) is 5.13. The SMILES string of the molecule is O=C(O)C(C(=O)O)(C(=O)O)C12CCCCNCCCCC(CCCCNCCCC1)CCCCNCCCC2. The van der Waals surface area contributed by atoms with E-state index in [1.165, 1.54) is 38.5 Å². The van der Waals surface area contributed by atoms with Crippen LogP contribution in [0.4, 0.5) is 0 Å². The summed E-state index contributed by atoms with van der Waals surface area (Å²) in [7, 11) is 0. The van der Waals surface area contributed by atoms with Crippen LogP contribution in [0.2, 0.25) is 0 Å². The normalized spacial score (nSPS) is 27.2. The van der Waals surface area contributed by atoms with Crippen LogP contribution in [0.15, 0.2) is 0 Å². The van der Waals surface area contributed by atoms with Gasteiger partial charge in [0.2, 0.25) is 0 Å². The minimum Gasteiger partial charge on any atom is -0.480 e. The molecule has 0 spiro atoms. The molecule has 0 unspecified atom stereocenters. The molecule has 9 heteroatoms. The van der Waals surface area contributed by atoms with Gasteiger partial charge in [0.1, 0.15) is 0 Å². The number of rotatable bonds is 4. The molecule has 0 atom stereocenters. The zero-order chi connectivity index (χ0) is 28.4. The lowest BCUT2D eigenvalue weighted by molar-refractivity contribution is -0.190. The van der Waals surface area contributed by atoms with E-state index in [4.69, 9.17) is 0 Å². The fourth-order valence-electron chi connectivity index (χ4n) is 6.89. The summed E-state index contributed by atoms with van der Waals surface area (Å²) in [5.74, 6) is -4.44. The third kappa shape index (κ3) is 10.3. The molecule has 3 fully saturated rings. The van der Waals surface area contributed by atoms with Crippen LogP contribution in [0.1, 0.15) is 116 Å². The number of aliphatic carboxylic acids is 3. The van der Waals surface area contributed by atoms with Crippen LogP contribution in [0, 0.1) is 16.7 Å². The smallest absolute Gasteiger partial charge is 0.333 e. The Morgan fingerprint density at radius 2 is 0.769 bits per heavy atom. The minimum atomic E-state index is -2.86. The first-order valence-electron chi connectivity index (χ1n) is 15.7. The van der Waals surface area contributed by atoms with Gasteiger partial charge in [0, 0.05) is 5.41 Å². The molecule has 3 saturated heterocycles. The molecule has 0 radical (unpaired) electrons. The second kappa shape index (κ2) is 18.6. The molecule has 0 saturated carbocycles. The highest BCUT2D eigenvalue weighted by atomic mass is 16.4. The Morgan fingerprint density at radius 3 is 1.05 bits per heavy atom. The molecule has 0 aliphatic carbocycles. The van der Waals surface area contributed by atoms with Crippen molar-refractivity contribution >= 4 is 17.9 Å². The van der Waals surface area contributed by atoms with Crippen LogP contribution in [0.25, 0.3) is 0 Å². The van der Waals surface area contributed by atoms with Crippen molar-refractivity contribution in [2.45, 2.75) is 116 Å². The van der Waals surface area contributed by atoms with Gasteiger partial charge in [-0.25, -0.2) is 0 Å². The van der Waals surface area contributed by atoms with E-state index >= 15 is 0 Å². The lowest BCUT2D eigenvalue weighted by Crippen LogP contribution is -2.58. The second-order valence-corrected chi connectivity index (χ2v) is 11.9. The van der Waals surface area contributed by atoms with Gasteiger partial charge in [0.05, 0.1) is 0 Å². The highest BCUT2D eigenvalue weighted by Crippen LogP contribution is 2.52. The molecule has 39 heavy (non-hydrogen) atoms. The standard InChI is InChI=1S/C30H55N3O6/c34-26(35)30(27(36)37,28(38)39)29-16-4-10-22-31-19-7-1-13-25(14-2-8-20-32-23-11-5-17-29)15-3-9-21-33-24-12-6-18-29/h25,31-33H,1-24H2,(H,34,35)(H,36,37)(H,38,39). The molecule has 3 rings (SSSR count). The zero-order valence-corrected chi connectivity index (χ0v) is 24.1. The fourth-order valence-corrected chi connectivity index (χ4v) is 6.89. The Labute approximate surface area is 235 Å². The summed E-state index contributed by atoms with van der Waals surface area (Å²) >= 11 is 0. The van der Waals surface area contributed by atoms with Crippen molar-refractivity contribution in [2.75, 3.05) is 39.3 Å². The Bertz CT molecular complexity index is 640. The molecule has 2 bridgehead atoms. The predicted octanol–water partition coefficient (Wildman–Crippen LogP) is 4.65. The highest BCUT2D eigenvalue weighted by Gasteiger charge is 2.67. The van der Waals surface area contributed by atoms with Crippen molar-refractivity contribution in [1.82, 2.24) is 16.0 Å². The molecular weight excluding hydrogens is 498 g/mol. The van der Waals surface area contributed by atoms with E-state index in [9.17, 15) is 29.7 Å². The van der Waals surface area contributed by atoms with E-state index in [-0.39, 0.29) is 19.3 Å². The van der Waals surface area contributed by atoms with E-state index < -0.39 is 28.7 Å². The van der Waals surface area contributed by atoms with E-state index in [2.05, 4.69) is 16.0 Å². The molecule has 6 N–H and O–H groups in total.